The Morgan fingerprint density at radius 1 is 1.28 bits per heavy atom. The van der Waals surface area contributed by atoms with Crippen LogP contribution in [0.15, 0.2) is 30.3 Å². The molecule has 2 amide bonds. The highest BCUT2D eigenvalue weighted by Gasteiger charge is 2.28. The standard InChI is InChI=1S/C13H18N2O3/c1-13(2,11(16)17)9-14-12(18)15(3)10-7-5-4-6-8-10/h4-8H,9H2,1-3H3,(H,14,18)(H,16,17). The number of nitrogens with one attached hydrogen (secondary N) is 1. The minimum absolute atomic E-state index is 0.0817. The van der Waals surface area contributed by atoms with Gasteiger partial charge in [-0.3, -0.25) is 9.69 Å². The Balaban J connectivity index is 2.59. The maximum atomic E-state index is 11.8. The lowest BCUT2D eigenvalue weighted by atomic mass is 9.94. The first kappa shape index (κ1) is 14.0. The molecule has 0 saturated heterocycles. The van der Waals surface area contributed by atoms with Crippen LogP contribution in [0.2, 0.25) is 0 Å². The summed E-state index contributed by atoms with van der Waals surface area (Å²) in [7, 11) is 1.64. The highest BCUT2D eigenvalue weighted by molar-refractivity contribution is 5.91. The number of nitrogens with zero attached hydrogens (tertiary/aromatic N) is 1. The summed E-state index contributed by atoms with van der Waals surface area (Å²) in [6.45, 7) is 3.22. The minimum atomic E-state index is -0.979. The number of carbonyl (C=O) groups excluding carboxylic acids is 1. The van der Waals surface area contributed by atoms with Crippen molar-refractivity contribution in [3.63, 3.8) is 0 Å². The van der Waals surface area contributed by atoms with Gasteiger partial charge in [-0.05, 0) is 26.0 Å². The third-order valence-electron chi connectivity index (χ3n) is 2.71. The molecule has 0 spiro atoms. The maximum absolute atomic E-state index is 11.8. The Morgan fingerprint density at radius 2 is 1.83 bits per heavy atom. The van der Waals surface area contributed by atoms with Gasteiger partial charge in [0.25, 0.3) is 0 Å². The lowest BCUT2D eigenvalue weighted by molar-refractivity contribution is -0.146. The number of carboxylic acids is 1. The topological polar surface area (TPSA) is 69.6 Å². The highest BCUT2D eigenvalue weighted by atomic mass is 16.4. The van der Waals surface area contributed by atoms with Gasteiger partial charge < -0.3 is 10.4 Å². The molecular formula is C13H18N2O3. The van der Waals surface area contributed by atoms with Crippen molar-refractivity contribution in [2.24, 2.45) is 5.41 Å². The van der Waals surface area contributed by atoms with E-state index in [1.807, 2.05) is 30.3 Å². The molecule has 0 aromatic heterocycles. The predicted molar refractivity (Wildman–Crippen MR) is 69.7 cm³/mol. The number of carboxylic acid groups (broad SMARTS) is 1. The third kappa shape index (κ3) is 3.48. The summed E-state index contributed by atoms with van der Waals surface area (Å²) in [6, 6.07) is 8.82. The zero-order valence-electron chi connectivity index (χ0n) is 10.8. The number of hydrogen-bond donors (Lipinski definition) is 2. The van der Waals surface area contributed by atoms with E-state index in [9.17, 15) is 9.59 Å². The molecule has 0 atom stereocenters. The van der Waals surface area contributed by atoms with Gasteiger partial charge in [-0.1, -0.05) is 18.2 Å². The molecule has 18 heavy (non-hydrogen) atoms. The number of urea groups is 1. The Kier molecular flexibility index (Phi) is 4.31. The van der Waals surface area contributed by atoms with E-state index in [1.165, 1.54) is 4.90 Å². The van der Waals surface area contributed by atoms with Crippen LogP contribution >= 0.6 is 0 Å². The summed E-state index contributed by atoms with van der Waals surface area (Å²) < 4.78 is 0. The summed E-state index contributed by atoms with van der Waals surface area (Å²) in [6.07, 6.45) is 0. The molecule has 0 unspecified atom stereocenters. The second kappa shape index (κ2) is 5.53. The predicted octanol–water partition coefficient (Wildman–Crippen LogP) is 1.94. The smallest absolute Gasteiger partial charge is 0.321 e. The summed E-state index contributed by atoms with van der Waals surface area (Å²) in [5.41, 5.74) is -0.226. The number of amides is 2. The quantitative estimate of drug-likeness (QED) is 0.858. The van der Waals surface area contributed by atoms with E-state index in [2.05, 4.69) is 5.32 Å². The van der Waals surface area contributed by atoms with Gasteiger partial charge in [-0.15, -0.1) is 0 Å². The molecule has 0 aliphatic carbocycles. The van der Waals surface area contributed by atoms with Crippen molar-refractivity contribution in [3.05, 3.63) is 30.3 Å². The zero-order chi connectivity index (χ0) is 13.8. The molecule has 0 heterocycles. The van der Waals surface area contributed by atoms with Gasteiger partial charge in [0.05, 0.1) is 5.41 Å². The van der Waals surface area contributed by atoms with Gasteiger partial charge in [0, 0.05) is 19.3 Å². The monoisotopic (exact) mass is 250 g/mol. The Labute approximate surface area is 106 Å². The largest absolute Gasteiger partial charge is 0.481 e. The third-order valence-corrected chi connectivity index (χ3v) is 2.71. The van der Waals surface area contributed by atoms with Crippen LogP contribution in [0.3, 0.4) is 0 Å². The lowest BCUT2D eigenvalue weighted by Gasteiger charge is -2.23. The van der Waals surface area contributed by atoms with Crippen LogP contribution in [0.1, 0.15) is 13.8 Å². The number of para-hydroxylation sites is 1. The molecule has 0 fully saturated rings. The van der Waals surface area contributed by atoms with Crippen molar-refractivity contribution >= 4 is 17.7 Å². The zero-order valence-corrected chi connectivity index (χ0v) is 10.8. The van der Waals surface area contributed by atoms with E-state index >= 15 is 0 Å². The fraction of sp³-hybridized carbons (Fsp3) is 0.385. The average molecular weight is 250 g/mol. The molecule has 98 valence electrons. The normalized spacial score (nSPS) is 10.8. The van der Waals surface area contributed by atoms with E-state index in [-0.39, 0.29) is 12.6 Å². The second-order valence-electron chi connectivity index (χ2n) is 4.74. The van der Waals surface area contributed by atoms with Gasteiger partial charge in [0.1, 0.15) is 0 Å². The maximum Gasteiger partial charge on any atom is 0.321 e. The first-order chi connectivity index (χ1) is 8.34. The fourth-order valence-corrected chi connectivity index (χ4v) is 1.26. The van der Waals surface area contributed by atoms with Gasteiger partial charge in [0.2, 0.25) is 0 Å². The molecule has 1 aromatic carbocycles. The van der Waals surface area contributed by atoms with Gasteiger partial charge in [0.15, 0.2) is 0 Å². The molecule has 0 aliphatic rings. The molecule has 1 aromatic rings. The number of benzene rings is 1. The molecule has 1 rings (SSSR count). The number of aliphatic carboxylic acids is 1. The first-order valence-electron chi connectivity index (χ1n) is 5.64. The van der Waals surface area contributed by atoms with Crippen LogP contribution in [0.4, 0.5) is 10.5 Å². The summed E-state index contributed by atoms with van der Waals surface area (Å²) in [5, 5.41) is 11.6. The van der Waals surface area contributed by atoms with Gasteiger partial charge >= 0.3 is 12.0 Å². The highest BCUT2D eigenvalue weighted by Crippen LogP contribution is 2.14. The van der Waals surface area contributed by atoms with Crippen molar-refractivity contribution in [2.75, 3.05) is 18.5 Å². The van der Waals surface area contributed by atoms with E-state index < -0.39 is 11.4 Å². The van der Waals surface area contributed by atoms with Crippen LogP contribution in [0.25, 0.3) is 0 Å². The van der Waals surface area contributed by atoms with E-state index in [1.54, 1.807) is 20.9 Å². The Morgan fingerprint density at radius 3 is 2.33 bits per heavy atom. The minimum Gasteiger partial charge on any atom is -0.481 e. The van der Waals surface area contributed by atoms with Gasteiger partial charge in [-0.25, -0.2) is 4.79 Å². The molecule has 0 aliphatic heterocycles. The molecule has 0 saturated carbocycles. The van der Waals surface area contributed by atoms with Crippen LogP contribution < -0.4 is 10.2 Å². The molecule has 5 nitrogen and oxygen atoms in total. The fourth-order valence-electron chi connectivity index (χ4n) is 1.26. The number of hydrogen-bond acceptors (Lipinski definition) is 2. The van der Waals surface area contributed by atoms with E-state index in [0.29, 0.717) is 0 Å². The number of rotatable bonds is 4. The van der Waals surface area contributed by atoms with Crippen molar-refractivity contribution in [3.8, 4) is 0 Å². The summed E-state index contributed by atoms with van der Waals surface area (Å²) in [4.78, 5) is 24.2. The van der Waals surface area contributed by atoms with Crippen LogP contribution in [0.5, 0.6) is 0 Å². The molecule has 0 bridgehead atoms. The van der Waals surface area contributed by atoms with E-state index in [4.69, 9.17) is 5.11 Å². The molecular weight excluding hydrogens is 232 g/mol. The van der Waals surface area contributed by atoms with E-state index in [0.717, 1.165) is 5.69 Å². The number of carbonyl (C=O) groups is 2. The van der Waals surface area contributed by atoms with Crippen molar-refractivity contribution < 1.29 is 14.7 Å². The van der Waals surface area contributed by atoms with Crippen molar-refractivity contribution in [1.82, 2.24) is 5.32 Å². The Bertz CT molecular complexity index is 429. The summed E-state index contributed by atoms with van der Waals surface area (Å²) in [5.74, 6) is -0.940. The van der Waals surface area contributed by atoms with Gasteiger partial charge in [-0.2, -0.15) is 0 Å². The molecule has 0 radical (unpaired) electrons. The van der Waals surface area contributed by atoms with Crippen molar-refractivity contribution in [1.29, 1.82) is 0 Å². The molecule has 2 N–H and O–H groups in total. The number of anilines is 1. The van der Waals surface area contributed by atoms with Crippen molar-refractivity contribution in [2.45, 2.75) is 13.8 Å². The SMILES string of the molecule is CN(C(=O)NCC(C)(C)C(=O)O)c1ccccc1. The first-order valence-corrected chi connectivity index (χ1v) is 5.64. The average Bonchev–Trinajstić information content (AvgIpc) is 2.36. The molecule has 5 heteroatoms. The Hall–Kier alpha value is -2.04. The lowest BCUT2D eigenvalue weighted by Crippen LogP contribution is -2.44. The van der Waals surface area contributed by atoms with Crippen LogP contribution in [-0.4, -0.2) is 30.7 Å². The van der Waals surface area contributed by atoms with Crippen LogP contribution in [-0.2, 0) is 4.79 Å². The van der Waals surface area contributed by atoms with Crippen LogP contribution in [0, 0.1) is 5.41 Å². The second-order valence-corrected chi connectivity index (χ2v) is 4.74. The summed E-state index contributed by atoms with van der Waals surface area (Å²) >= 11 is 0.